The van der Waals surface area contributed by atoms with Gasteiger partial charge in [0.05, 0.1) is 0 Å². The van der Waals surface area contributed by atoms with Crippen molar-refractivity contribution >= 4 is 23.5 Å². The van der Waals surface area contributed by atoms with Crippen molar-refractivity contribution in [2.75, 3.05) is 23.0 Å². The summed E-state index contributed by atoms with van der Waals surface area (Å²) in [4.78, 5) is 0. The molecule has 0 aromatic heterocycles. The maximum Gasteiger partial charge on any atom is 0.0152 e. The monoisotopic (exact) mass is 172 g/mol. The molecule has 0 saturated carbocycles. The molecule has 56 valence electrons. The lowest BCUT2D eigenvalue weighted by Crippen LogP contribution is -2.00. The molecule has 0 bridgehead atoms. The van der Waals surface area contributed by atoms with Gasteiger partial charge in [-0.2, -0.15) is 23.5 Å². The molecular formula is C8H12S2. The molecule has 0 atom stereocenters. The van der Waals surface area contributed by atoms with Crippen molar-refractivity contribution < 1.29 is 0 Å². The van der Waals surface area contributed by atoms with Crippen LogP contribution in [0.15, 0.2) is 24.3 Å². The van der Waals surface area contributed by atoms with Crippen LogP contribution in [0.5, 0.6) is 0 Å². The third-order valence-electron chi connectivity index (χ3n) is 1.22. The highest BCUT2D eigenvalue weighted by molar-refractivity contribution is 8.01. The van der Waals surface area contributed by atoms with Crippen molar-refractivity contribution in [3.63, 3.8) is 0 Å². The predicted octanol–water partition coefficient (Wildman–Crippen LogP) is 2.58. The van der Waals surface area contributed by atoms with Gasteiger partial charge in [0.25, 0.3) is 0 Å². The lowest BCUT2D eigenvalue weighted by molar-refractivity contribution is 1.38. The van der Waals surface area contributed by atoms with Crippen LogP contribution >= 0.6 is 23.5 Å². The molecule has 0 unspecified atom stereocenters. The van der Waals surface area contributed by atoms with E-state index < -0.39 is 0 Å². The molecule has 1 fully saturated rings. The van der Waals surface area contributed by atoms with Crippen molar-refractivity contribution in [2.45, 2.75) is 0 Å². The van der Waals surface area contributed by atoms with E-state index in [0.29, 0.717) is 0 Å². The highest BCUT2D eigenvalue weighted by Gasteiger charge is 2.03. The van der Waals surface area contributed by atoms with Gasteiger partial charge >= 0.3 is 0 Å². The highest BCUT2D eigenvalue weighted by atomic mass is 32.2. The molecule has 0 aromatic rings. The zero-order chi connectivity index (χ0) is 7.40. The Morgan fingerprint density at radius 1 is 0.800 bits per heavy atom. The second-order valence-electron chi connectivity index (χ2n) is 2.49. The van der Waals surface area contributed by atoms with E-state index in [1.54, 1.807) is 0 Å². The third kappa shape index (κ3) is 2.84. The van der Waals surface area contributed by atoms with Crippen LogP contribution in [0.3, 0.4) is 0 Å². The van der Waals surface area contributed by atoms with Crippen LogP contribution in [-0.4, -0.2) is 23.0 Å². The normalized spacial score (nSPS) is 22.0. The largest absolute Gasteiger partial charge is 0.153 e. The van der Waals surface area contributed by atoms with Crippen molar-refractivity contribution in [3.8, 4) is 0 Å². The molecule has 1 aliphatic heterocycles. The molecule has 1 rings (SSSR count). The molecule has 0 nitrogen and oxygen atoms in total. The lowest BCUT2D eigenvalue weighted by atomic mass is 10.4. The first-order chi connectivity index (χ1) is 4.79. The van der Waals surface area contributed by atoms with Crippen LogP contribution in [0.2, 0.25) is 0 Å². The van der Waals surface area contributed by atoms with Gasteiger partial charge in [-0.15, -0.1) is 0 Å². The molecule has 1 saturated heterocycles. The van der Waals surface area contributed by atoms with E-state index in [-0.39, 0.29) is 0 Å². The van der Waals surface area contributed by atoms with Crippen LogP contribution in [-0.2, 0) is 0 Å². The van der Waals surface area contributed by atoms with Gasteiger partial charge in [-0.1, -0.05) is 24.3 Å². The zero-order valence-corrected chi connectivity index (χ0v) is 7.69. The van der Waals surface area contributed by atoms with E-state index in [1.807, 2.05) is 23.5 Å². The maximum atomic E-state index is 3.97. The zero-order valence-electron chi connectivity index (χ0n) is 6.06. The van der Waals surface area contributed by atoms with E-state index in [4.69, 9.17) is 0 Å². The predicted molar refractivity (Wildman–Crippen MR) is 52.9 cm³/mol. The van der Waals surface area contributed by atoms with Crippen molar-refractivity contribution in [3.05, 3.63) is 24.3 Å². The molecular weight excluding hydrogens is 160 g/mol. The van der Waals surface area contributed by atoms with Crippen molar-refractivity contribution in [1.82, 2.24) is 0 Å². The quantitative estimate of drug-likeness (QED) is 0.515. The van der Waals surface area contributed by atoms with E-state index in [9.17, 15) is 0 Å². The summed E-state index contributed by atoms with van der Waals surface area (Å²) in [6, 6.07) is 0. The maximum absolute atomic E-state index is 3.97. The van der Waals surface area contributed by atoms with E-state index in [1.165, 1.54) is 11.1 Å². The lowest BCUT2D eigenvalue weighted by Gasteiger charge is -2.11. The van der Waals surface area contributed by atoms with Crippen LogP contribution in [0.4, 0.5) is 0 Å². The molecule has 0 radical (unpaired) electrons. The second kappa shape index (κ2) is 4.14. The summed E-state index contributed by atoms with van der Waals surface area (Å²) in [5, 5.41) is 0. The molecule has 0 N–H and O–H groups in total. The smallest absolute Gasteiger partial charge is 0.0152 e. The first-order valence-electron chi connectivity index (χ1n) is 3.28. The van der Waals surface area contributed by atoms with Gasteiger partial charge in [0.2, 0.25) is 0 Å². The van der Waals surface area contributed by atoms with Crippen molar-refractivity contribution in [2.24, 2.45) is 0 Å². The SMILES string of the molecule is C=C1CSCC(=C)CSC1. The van der Waals surface area contributed by atoms with Gasteiger partial charge in [-0.25, -0.2) is 0 Å². The molecule has 1 aliphatic rings. The average Bonchev–Trinajstić information content (AvgIpc) is 1.84. The number of hydrogen-bond donors (Lipinski definition) is 0. The summed E-state index contributed by atoms with van der Waals surface area (Å²) in [5.41, 5.74) is 2.73. The first-order valence-corrected chi connectivity index (χ1v) is 5.59. The Bertz CT molecular complexity index is 119. The Balaban J connectivity index is 2.34. The summed E-state index contributed by atoms with van der Waals surface area (Å²) in [5.74, 6) is 4.47. The minimum atomic E-state index is 1.12. The summed E-state index contributed by atoms with van der Waals surface area (Å²) in [6.45, 7) is 7.94. The fourth-order valence-corrected chi connectivity index (χ4v) is 2.79. The molecule has 2 heteroatoms. The van der Waals surface area contributed by atoms with Crippen molar-refractivity contribution in [1.29, 1.82) is 0 Å². The third-order valence-corrected chi connectivity index (χ3v) is 3.67. The second-order valence-corrected chi connectivity index (χ2v) is 4.46. The van der Waals surface area contributed by atoms with Gasteiger partial charge in [0, 0.05) is 23.0 Å². The number of hydrogen-bond acceptors (Lipinski definition) is 2. The molecule has 0 spiro atoms. The molecule has 0 aromatic carbocycles. The summed E-state index contributed by atoms with van der Waals surface area (Å²) < 4.78 is 0. The Morgan fingerprint density at radius 3 is 1.40 bits per heavy atom. The van der Waals surface area contributed by atoms with Gasteiger partial charge in [0.1, 0.15) is 0 Å². The summed E-state index contributed by atoms with van der Waals surface area (Å²) in [6.07, 6.45) is 0. The van der Waals surface area contributed by atoms with Gasteiger partial charge in [0.15, 0.2) is 0 Å². The average molecular weight is 172 g/mol. The van der Waals surface area contributed by atoms with Crippen LogP contribution in [0, 0.1) is 0 Å². The van der Waals surface area contributed by atoms with Gasteiger partial charge < -0.3 is 0 Å². The Morgan fingerprint density at radius 2 is 1.10 bits per heavy atom. The minimum absolute atomic E-state index is 1.12. The van der Waals surface area contributed by atoms with E-state index >= 15 is 0 Å². The fourth-order valence-electron chi connectivity index (χ4n) is 0.763. The Kier molecular flexibility index (Phi) is 3.43. The molecule has 0 amide bonds. The number of thioether (sulfide) groups is 2. The van der Waals surface area contributed by atoms with Crippen LogP contribution in [0.1, 0.15) is 0 Å². The van der Waals surface area contributed by atoms with Crippen LogP contribution < -0.4 is 0 Å². The Hall–Kier alpha value is 0.180. The first kappa shape index (κ1) is 8.28. The molecule has 10 heavy (non-hydrogen) atoms. The standard InChI is InChI=1S/C8H12S2/c1-7-3-9-5-8(2)6-10-4-7/h1-6H2. The topological polar surface area (TPSA) is 0 Å². The van der Waals surface area contributed by atoms with Gasteiger partial charge in [-0.3, -0.25) is 0 Å². The van der Waals surface area contributed by atoms with E-state index in [0.717, 1.165) is 23.0 Å². The Labute approximate surface area is 71.2 Å². The molecule has 0 aliphatic carbocycles. The number of rotatable bonds is 0. The highest BCUT2D eigenvalue weighted by Crippen LogP contribution is 2.20. The minimum Gasteiger partial charge on any atom is -0.153 e. The van der Waals surface area contributed by atoms with Crippen LogP contribution in [0.25, 0.3) is 0 Å². The van der Waals surface area contributed by atoms with E-state index in [2.05, 4.69) is 13.2 Å². The summed E-state index contributed by atoms with van der Waals surface area (Å²) in [7, 11) is 0. The summed E-state index contributed by atoms with van der Waals surface area (Å²) >= 11 is 3.87. The van der Waals surface area contributed by atoms with Gasteiger partial charge in [-0.05, 0) is 0 Å². The molecule has 1 heterocycles. The fraction of sp³-hybridized carbons (Fsp3) is 0.500.